The number of hydrogen-bond donors (Lipinski definition) is 2. The summed E-state index contributed by atoms with van der Waals surface area (Å²) in [4.78, 5) is 14.3. The van der Waals surface area contributed by atoms with Crippen LogP contribution in [0, 0.1) is 0 Å². The quantitative estimate of drug-likeness (QED) is 0.316. The molecule has 0 bridgehead atoms. The van der Waals surface area contributed by atoms with E-state index in [0.717, 1.165) is 24.8 Å². The Bertz CT molecular complexity index is 726. The average molecular weight is 505 g/mol. The van der Waals surface area contributed by atoms with Gasteiger partial charge in [0.25, 0.3) is 5.88 Å². The molecule has 2 heterocycles. The summed E-state index contributed by atoms with van der Waals surface area (Å²) in [5.74, 6) is 0.692. The number of nitrogens with zero attached hydrogens (tertiary/aromatic N) is 3. The topological polar surface area (TPSA) is 138 Å². The van der Waals surface area contributed by atoms with Gasteiger partial charge < -0.3 is 39.4 Å². The van der Waals surface area contributed by atoms with Crippen molar-refractivity contribution in [3.8, 4) is 5.88 Å². The Hall–Kier alpha value is -1.57. The molecule has 0 amide bonds. The molecule has 1 fully saturated rings. The van der Waals surface area contributed by atoms with Crippen LogP contribution in [0.4, 0.5) is 5.82 Å². The van der Waals surface area contributed by atoms with Gasteiger partial charge >= 0.3 is 5.97 Å². The molecule has 2 rings (SSSR count). The van der Waals surface area contributed by atoms with Gasteiger partial charge in [0.15, 0.2) is 0 Å². The lowest BCUT2D eigenvalue weighted by Crippen LogP contribution is -2.36. The Morgan fingerprint density at radius 2 is 1.85 bits per heavy atom. The van der Waals surface area contributed by atoms with E-state index in [1.54, 1.807) is 0 Å². The first-order valence-electron chi connectivity index (χ1n) is 11.7. The number of anilines is 1. The number of carbonyl (C=O) groups excluding carboxylic acids is 1. The van der Waals surface area contributed by atoms with Crippen LogP contribution in [0.5, 0.6) is 5.88 Å². The first-order valence-corrected chi connectivity index (χ1v) is 12.4. The van der Waals surface area contributed by atoms with Gasteiger partial charge in [0.1, 0.15) is 6.61 Å². The summed E-state index contributed by atoms with van der Waals surface area (Å²) in [6.07, 6.45) is 0.243. The predicted octanol–water partition coefficient (Wildman–Crippen LogP) is 1.38. The minimum absolute atomic E-state index is 0.0386. The van der Waals surface area contributed by atoms with Crippen molar-refractivity contribution in [2.24, 2.45) is 5.73 Å². The molecule has 34 heavy (non-hydrogen) atoms. The number of carbonyl (C=O) groups is 1. The van der Waals surface area contributed by atoms with Crippen molar-refractivity contribution >= 4 is 23.5 Å². The Morgan fingerprint density at radius 1 is 1.15 bits per heavy atom. The highest BCUT2D eigenvalue weighted by Crippen LogP contribution is 2.26. The molecule has 1 aromatic rings. The molecule has 0 aliphatic carbocycles. The van der Waals surface area contributed by atoms with Crippen molar-refractivity contribution < 1.29 is 33.6 Å². The molecule has 3 N–H and O–H groups in total. The van der Waals surface area contributed by atoms with E-state index in [1.807, 2.05) is 27.7 Å². The van der Waals surface area contributed by atoms with E-state index in [-0.39, 0.29) is 37.6 Å². The summed E-state index contributed by atoms with van der Waals surface area (Å²) in [6, 6.07) is 0. The highest BCUT2D eigenvalue weighted by atomic mass is 32.1. The van der Waals surface area contributed by atoms with Gasteiger partial charge in [-0.3, -0.25) is 4.79 Å². The minimum Gasteiger partial charge on any atom is -0.472 e. The number of rotatable bonds is 16. The van der Waals surface area contributed by atoms with Crippen molar-refractivity contribution in [2.75, 3.05) is 64.2 Å². The number of aromatic nitrogens is 2. The molecule has 1 atom stereocenters. The maximum absolute atomic E-state index is 12.2. The fourth-order valence-electron chi connectivity index (χ4n) is 3.23. The first-order chi connectivity index (χ1) is 16.1. The lowest BCUT2D eigenvalue weighted by molar-refractivity contribution is -0.151. The molecule has 11 nitrogen and oxygen atoms in total. The third-order valence-corrected chi connectivity index (χ3v) is 5.76. The Morgan fingerprint density at radius 3 is 2.56 bits per heavy atom. The Labute approximate surface area is 206 Å². The molecule has 1 saturated heterocycles. The summed E-state index contributed by atoms with van der Waals surface area (Å²) < 4.78 is 36.3. The van der Waals surface area contributed by atoms with E-state index < -0.39 is 11.7 Å². The van der Waals surface area contributed by atoms with Crippen LogP contribution in [0.3, 0.4) is 0 Å². The molecule has 1 unspecified atom stereocenters. The number of aliphatic hydroxyl groups excluding tert-OH is 1. The smallest absolute Gasteiger partial charge is 0.308 e. The number of esters is 1. The minimum atomic E-state index is -0.799. The predicted molar refractivity (Wildman–Crippen MR) is 128 cm³/mol. The third-order valence-electron chi connectivity index (χ3n) is 5.26. The molecule has 0 saturated carbocycles. The van der Waals surface area contributed by atoms with Crippen LogP contribution in [-0.2, 0) is 23.7 Å². The van der Waals surface area contributed by atoms with E-state index in [2.05, 4.69) is 13.6 Å². The zero-order valence-electron chi connectivity index (χ0n) is 20.8. The molecule has 12 heteroatoms. The van der Waals surface area contributed by atoms with Gasteiger partial charge in [-0.1, -0.05) is 0 Å². The van der Waals surface area contributed by atoms with E-state index in [1.165, 1.54) is 0 Å². The molecule has 196 valence electrons. The summed E-state index contributed by atoms with van der Waals surface area (Å²) in [6.45, 7) is 11.9. The van der Waals surface area contributed by atoms with Crippen LogP contribution >= 0.6 is 11.7 Å². The van der Waals surface area contributed by atoms with Crippen molar-refractivity contribution in [1.29, 1.82) is 0 Å². The van der Waals surface area contributed by atoms with Crippen LogP contribution in [-0.4, -0.2) is 96.4 Å². The van der Waals surface area contributed by atoms with E-state index in [9.17, 15) is 9.90 Å². The van der Waals surface area contributed by atoms with Crippen molar-refractivity contribution in [3.63, 3.8) is 0 Å². The molecule has 1 aliphatic rings. The zero-order chi connectivity index (χ0) is 25.0. The van der Waals surface area contributed by atoms with Gasteiger partial charge in [-0.15, -0.1) is 4.37 Å². The van der Waals surface area contributed by atoms with Crippen LogP contribution in [0.2, 0.25) is 0 Å². The first kappa shape index (κ1) is 28.7. The van der Waals surface area contributed by atoms with Crippen molar-refractivity contribution in [3.05, 3.63) is 0 Å². The number of nitrogens with two attached hydrogens (primary N) is 1. The van der Waals surface area contributed by atoms with Crippen molar-refractivity contribution in [1.82, 2.24) is 8.75 Å². The highest BCUT2D eigenvalue weighted by Gasteiger charge is 2.26. The number of hydrogen-bond acceptors (Lipinski definition) is 12. The Balaban J connectivity index is 1.62. The zero-order valence-corrected chi connectivity index (χ0v) is 21.6. The maximum atomic E-state index is 12.2. The van der Waals surface area contributed by atoms with Gasteiger partial charge in [0, 0.05) is 26.1 Å². The van der Waals surface area contributed by atoms with E-state index in [0.29, 0.717) is 51.1 Å². The van der Waals surface area contributed by atoms with Gasteiger partial charge in [0.05, 0.1) is 68.5 Å². The Kier molecular flexibility index (Phi) is 11.9. The second-order valence-corrected chi connectivity index (χ2v) is 9.93. The van der Waals surface area contributed by atoms with Crippen LogP contribution in [0.1, 0.15) is 47.0 Å². The lowest BCUT2D eigenvalue weighted by Gasteiger charge is -2.29. The highest BCUT2D eigenvalue weighted by molar-refractivity contribution is 6.99. The molecule has 1 aromatic heterocycles. The number of morpholine rings is 1. The molecule has 0 aromatic carbocycles. The third kappa shape index (κ3) is 10.8. The van der Waals surface area contributed by atoms with Crippen LogP contribution < -0.4 is 15.4 Å². The summed E-state index contributed by atoms with van der Waals surface area (Å²) in [5.41, 5.74) is 4.47. The molecule has 0 radical (unpaired) electrons. The standard InChI is InChI=1S/C22H40N4O7S/c1-21(2,33-12-7-23)6-11-32-22(3,4)15-18(28)30-10-5-17(27)16-31-20-19(24-34-25-20)26-8-13-29-14-9-26/h17,27H,5-16,23H2,1-4H3. The monoisotopic (exact) mass is 504 g/mol. The summed E-state index contributed by atoms with van der Waals surface area (Å²) >= 11 is 1.07. The van der Waals surface area contributed by atoms with Gasteiger partial charge in [-0.2, -0.15) is 4.37 Å². The van der Waals surface area contributed by atoms with Gasteiger partial charge in [-0.25, -0.2) is 0 Å². The largest absolute Gasteiger partial charge is 0.472 e. The van der Waals surface area contributed by atoms with Crippen LogP contribution in [0.25, 0.3) is 0 Å². The normalized spacial score (nSPS) is 15.9. The summed E-state index contributed by atoms with van der Waals surface area (Å²) in [5, 5.41) is 10.2. The fourth-order valence-corrected chi connectivity index (χ4v) is 3.75. The number of aliphatic hydroxyl groups is 1. The molecular formula is C22H40N4O7S. The van der Waals surface area contributed by atoms with E-state index in [4.69, 9.17) is 29.4 Å². The average Bonchev–Trinajstić information content (AvgIpc) is 3.25. The molecule has 0 spiro atoms. The van der Waals surface area contributed by atoms with Gasteiger partial charge in [-0.05, 0) is 34.1 Å². The van der Waals surface area contributed by atoms with Crippen molar-refractivity contribution in [2.45, 2.75) is 64.3 Å². The van der Waals surface area contributed by atoms with Crippen LogP contribution in [0.15, 0.2) is 0 Å². The van der Waals surface area contributed by atoms with Gasteiger partial charge in [0.2, 0.25) is 5.82 Å². The van der Waals surface area contributed by atoms with E-state index >= 15 is 0 Å². The maximum Gasteiger partial charge on any atom is 0.308 e. The second kappa shape index (κ2) is 14.1. The lowest BCUT2D eigenvalue weighted by atomic mass is 10.0. The molecule has 1 aliphatic heterocycles. The summed E-state index contributed by atoms with van der Waals surface area (Å²) in [7, 11) is 0. The fraction of sp³-hybridized carbons (Fsp3) is 0.864. The molecular weight excluding hydrogens is 464 g/mol. The number of ether oxygens (including phenoxy) is 5. The second-order valence-electron chi connectivity index (χ2n) is 9.40. The SMILES string of the molecule is CC(C)(CCOC(C)(C)CC(=O)OCCC(O)COc1nsnc1N1CCOCC1)OCCN.